The van der Waals surface area contributed by atoms with E-state index in [1.54, 1.807) is 0 Å². The molecule has 0 unspecified atom stereocenters. The average molecular weight is 197 g/mol. The van der Waals surface area contributed by atoms with Crippen LogP contribution in [0.3, 0.4) is 0 Å². The van der Waals surface area contributed by atoms with Crippen LogP contribution in [0.15, 0.2) is 11.8 Å². The van der Waals surface area contributed by atoms with E-state index < -0.39 is 0 Å². The third kappa shape index (κ3) is 5.28. The van der Waals surface area contributed by atoms with Gasteiger partial charge in [-0.1, -0.05) is 12.8 Å². The predicted octanol–water partition coefficient (Wildman–Crippen LogP) is 2.80. The number of hydrogen-bond acceptors (Lipinski definition) is 2. The lowest BCUT2D eigenvalue weighted by molar-refractivity contribution is 0.172. The fourth-order valence-corrected chi connectivity index (χ4v) is 1.65. The molecule has 0 aromatic rings. The van der Waals surface area contributed by atoms with Gasteiger partial charge < -0.3 is 9.64 Å². The van der Waals surface area contributed by atoms with Crippen molar-refractivity contribution in [2.45, 2.75) is 38.5 Å². The number of nitrogens with zero attached hydrogens (tertiary/aromatic N) is 1. The van der Waals surface area contributed by atoms with E-state index in [2.05, 4.69) is 25.1 Å². The van der Waals surface area contributed by atoms with Crippen molar-refractivity contribution in [3.05, 3.63) is 11.8 Å². The van der Waals surface area contributed by atoms with Crippen LogP contribution in [0, 0.1) is 0 Å². The summed E-state index contributed by atoms with van der Waals surface area (Å²) in [4.78, 5) is 2.16. The molecule has 0 amide bonds. The first kappa shape index (κ1) is 11.6. The number of hydrogen-bond donors (Lipinski definition) is 0. The lowest BCUT2D eigenvalue weighted by Gasteiger charge is -2.15. The van der Waals surface area contributed by atoms with Crippen LogP contribution >= 0.6 is 0 Å². The number of rotatable bonds is 4. The smallest absolute Gasteiger partial charge is 0.100 e. The van der Waals surface area contributed by atoms with Crippen LogP contribution in [0.25, 0.3) is 0 Å². The van der Waals surface area contributed by atoms with E-state index in [-0.39, 0.29) is 0 Å². The van der Waals surface area contributed by atoms with Crippen LogP contribution in [-0.2, 0) is 4.74 Å². The van der Waals surface area contributed by atoms with E-state index in [0.29, 0.717) is 0 Å². The second-order valence-electron chi connectivity index (χ2n) is 4.28. The van der Waals surface area contributed by atoms with Gasteiger partial charge in [0.25, 0.3) is 0 Å². The van der Waals surface area contributed by atoms with E-state index in [4.69, 9.17) is 4.74 Å². The molecule has 1 aliphatic carbocycles. The monoisotopic (exact) mass is 197 g/mol. The van der Waals surface area contributed by atoms with Gasteiger partial charge in [-0.15, -0.1) is 0 Å². The minimum Gasteiger partial charge on any atom is -0.497 e. The lowest BCUT2D eigenvalue weighted by Crippen LogP contribution is -2.18. The number of ether oxygens (including phenoxy) is 1. The maximum absolute atomic E-state index is 5.75. The van der Waals surface area contributed by atoms with Gasteiger partial charge in [-0.25, -0.2) is 0 Å². The summed E-state index contributed by atoms with van der Waals surface area (Å²) in [6.07, 6.45) is 10.0. The van der Waals surface area contributed by atoms with E-state index in [1.807, 2.05) is 0 Å². The van der Waals surface area contributed by atoms with Crippen molar-refractivity contribution in [3.63, 3.8) is 0 Å². The fourth-order valence-electron chi connectivity index (χ4n) is 1.65. The molecule has 0 N–H and O–H groups in total. The summed E-state index contributed by atoms with van der Waals surface area (Å²) in [5.74, 6) is 1.23. The molecule has 0 heterocycles. The molecule has 0 fully saturated rings. The Morgan fingerprint density at radius 2 is 2.00 bits per heavy atom. The molecule has 0 aliphatic heterocycles. The highest BCUT2D eigenvalue weighted by atomic mass is 16.5. The Kier molecular flexibility index (Phi) is 5.69. The molecule has 1 aliphatic rings. The van der Waals surface area contributed by atoms with Crippen LogP contribution in [0.5, 0.6) is 0 Å². The molecular formula is C12H23NO. The Labute approximate surface area is 87.9 Å². The number of allylic oxidation sites excluding steroid dienone is 2. The molecule has 1 rings (SSSR count). The molecule has 82 valence electrons. The first-order valence-electron chi connectivity index (χ1n) is 5.75. The van der Waals surface area contributed by atoms with Crippen LogP contribution in [0.4, 0.5) is 0 Å². The van der Waals surface area contributed by atoms with Crippen LogP contribution in [-0.4, -0.2) is 32.1 Å². The van der Waals surface area contributed by atoms with Gasteiger partial charge in [-0.2, -0.15) is 0 Å². The molecule has 0 radical (unpaired) electrons. The van der Waals surface area contributed by atoms with E-state index in [1.165, 1.54) is 37.9 Å². The Balaban J connectivity index is 2.19. The normalized spacial score (nSPS) is 22.4. The minimum absolute atomic E-state index is 0.832. The molecular weight excluding hydrogens is 174 g/mol. The van der Waals surface area contributed by atoms with E-state index in [9.17, 15) is 0 Å². The van der Waals surface area contributed by atoms with Gasteiger partial charge >= 0.3 is 0 Å². The highest BCUT2D eigenvalue weighted by molar-refractivity contribution is 4.94. The molecule has 0 aromatic heterocycles. The van der Waals surface area contributed by atoms with Crippen molar-refractivity contribution in [3.8, 4) is 0 Å². The molecule has 0 spiro atoms. The summed E-state index contributed by atoms with van der Waals surface area (Å²) in [6, 6.07) is 0. The second-order valence-corrected chi connectivity index (χ2v) is 4.28. The minimum atomic E-state index is 0.832. The maximum atomic E-state index is 5.75. The highest BCUT2D eigenvalue weighted by Gasteiger charge is 2.02. The Hall–Kier alpha value is -0.500. The standard InChI is InChI=1S/C12H23NO/c1-13(2)10-11-14-12-8-6-4-3-5-7-9-12/h8H,3-7,9-11H2,1-2H3/b12-8+. The predicted molar refractivity (Wildman–Crippen MR) is 60.3 cm³/mol. The quantitative estimate of drug-likeness (QED) is 0.687. The number of likely N-dealkylation sites (N-methyl/N-ethyl adjacent to an activating group) is 1. The van der Waals surface area contributed by atoms with E-state index >= 15 is 0 Å². The molecule has 0 saturated heterocycles. The third-order valence-corrected chi connectivity index (χ3v) is 2.58. The SMILES string of the molecule is CN(C)CCO/C1=C/CCCCCC1. The van der Waals surface area contributed by atoms with Gasteiger partial charge in [0.1, 0.15) is 6.61 Å². The van der Waals surface area contributed by atoms with Gasteiger partial charge in [0.15, 0.2) is 0 Å². The van der Waals surface area contributed by atoms with Crippen molar-refractivity contribution in [2.24, 2.45) is 0 Å². The van der Waals surface area contributed by atoms with Crippen molar-refractivity contribution >= 4 is 0 Å². The molecule has 2 heteroatoms. The zero-order valence-electron chi connectivity index (χ0n) is 9.59. The average Bonchev–Trinajstić information content (AvgIpc) is 2.07. The summed E-state index contributed by atoms with van der Waals surface area (Å²) in [6.45, 7) is 1.84. The van der Waals surface area contributed by atoms with E-state index in [0.717, 1.165) is 19.6 Å². The summed E-state index contributed by atoms with van der Waals surface area (Å²) in [5.41, 5.74) is 0. The van der Waals surface area contributed by atoms with Crippen molar-refractivity contribution in [1.82, 2.24) is 4.90 Å². The fraction of sp³-hybridized carbons (Fsp3) is 0.833. The van der Waals surface area contributed by atoms with Gasteiger partial charge in [0, 0.05) is 13.0 Å². The Bertz CT molecular complexity index is 175. The summed E-state index contributed by atoms with van der Waals surface area (Å²) in [7, 11) is 4.16. The molecule has 0 bridgehead atoms. The molecule has 14 heavy (non-hydrogen) atoms. The zero-order chi connectivity index (χ0) is 10.2. The Morgan fingerprint density at radius 3 is 2.79 bits per heavy atom. The maximum Gasteiger partial charge on any atom is 0.100 e. The van der Waals surface area contributed by atoms with Gasteiger partial charge in [-0.3, -0.25) is 0 Å². The van der Waals surface area contributed by atoms with Gasteiger partial charge in [0.2, 0.25) is 0 Å². The third-order valence-electron chi connectivity index (χ3n) is 2.58. The molecule has 0 aromatic carbocycles. The topological polar surface area (TPSA) is 12.5 Å². The van der Waals surface area contributed by atoms with Crippen LogP contribution in [0.2, 0.25) is 0 Å². The summed E-state index contributed by atoms with van der Waals surface area (Å²) >= 11 is 0. The largest absolute Gasteiger partial charge is 0.497 e. The summed E-state index contributed by atoms with van der Waals surface area (Å²) in [5, 5.41) is 0. The van der Waals surface area contributed by atoms with Crippen LogP contribution < -0.4 is 0 Å². The first-order valence-corrected chi connectivity index (χ1v) is 5.75. The highest BCUT2D eigenvalue weighted by Crippen LogP contribution is 2.17. The first-order chi connectivity index (χ1) is 6.79. The second kappa shape index (κ2) is 6.88. The lowest BCUT2D eigenvalue weighted by atomic mass is 10.1. The van der Waals surface area contributed by atoms with Crippen molar-refractivity contribution < 1.29 is 4.74 Å². The molecule has 0 saturated carbocycles. The van der Waals surface area contributed by atoms with Gasteiger partial charge in [0.05, 0.1) is 5.76 Å². The van der Waals surface area contributed by atoms with Gasteiger partial charge in [-0.05, 0) is 39.4 Å². The van der Waals surface area contributed by atoms with Crippen LogP contribution in [0.1, 0.15) is 38.5 Å². The molecule has 2 nitrogen and oxygen atoms in total. The zero-order valence-corrected chi connectivity index (χ0v) is 9.59. The molecule has 0 atom stereocenters. The van der Waals surface area contributed by atoms with Crippen molar-refractivity contribution in [2.75, 3.05) is 27.2 Å². The summed E-state index contributed by atoms with van der Waals surface area (Å²) < 4.78 is 5.75. The van der Waals surface area contributed by atoms with Crippen molar-refractivity contribution in [1.29, 1.82) is 0 Å². The Morgan fingerprint density at radius 1 is 1.21 bits per heavy atom.